The topological polar surface area (TPSA) is 111 Å². The van der Waals surface area contributed by atoms with Crippen molar-refractivity contribution in [1.29, 1.82) is 0 Å². The predicted octanol–water partition coefficient (Wildman–Crippen LogP) is 3.17. The fourth-order valence-corrected chi connectivity index (χ4v) is 3.64. The molecule has 0 spiro atoms. The lowest BCUT2D eigenvalue weighted by Gasteiger charge is -2.22. The molecule has 4 rings (SSSR count). The Labute approximate surface area is 174 Å². The molecule has 1 aliphatic carbocycles. The molecule has 1 aliphatic heterocycles. The molecule has 2 heterocycles. The summed E-state index contributed by atoms with van der Waals surface area (Å²) in [5.74, 6) is 0.680. The summed E-state index contributed by atoms with van der Waals surface area (Å²) in [6, 6.07) is 4.04. The van der Waals surface area contributed by atoms with Crippen molar-refractivity contribution in [3.63, 3.8) is 0 Å². The zero-order valence-corrected chi connectivity index (χ0v) is 16.8. The lowest BCUT2D eigenvalue weighted by molar-refractivity contribution is 0.373. The van der Waals surface area contributed by atoms with Crippen LogP contribution in [0.3, 0.4) is 0 Å². The van der Waals surface area contributed by atoms with E-state index in [1.807, 2.05) is 4.90 Å². The first-order valence-corrected chi connectivity index (χ1v) is 10.4. The first-order chi connectivity index (χ1) is 14.7. The quantitative estimate of drug-likeness (QED) is 0.488. The molecule has 0 unspecified atom stereocenters. The van der Waals surface area contributed by atoms with Gasteiger partial charge in [-0.1, -0.05) is 19.3 Å². The van der Waals surface area contributed by atoms with Gasteiger partial charge in [-0.3, -0.25) is 4.99 Å². The fourth-order valence-electron chi connectivity index (χ4n) is 3.64. The number of hydrogen-bond acceptors (Lipinski definition) is 9. The second kappa shape index (κ2) is 9.55. The predicted molar refractivity (Wildman–Crippen MR) is 115 cm³/mol. The molecule has 0 atom stereocenters. The Kier molecular flexibility index (Phi) is 6.41. The zero-order valence-electron chi connectivity index (χ0n) is 16.8. The van der Waals surface area contributed by atoms with Crippen molar-refractivity contribution >= 4 is 29.9 Å². The molecule has 9 nitrogen and oxygen atoms in total. The Hall–Kier alpha value is -3.17. The van der Waals surface area contributed by atoms with Gasteiger partial charge in [0.1, 0.15) is 0 Å². The summed E-state index contributed by atoms with van der Waals surface area (Å²) in [7, 11) is 0. The van der Waals surface area contributed by atoms with E-state index in [1.54, 1.807) is 12.4 Å². The van der Waals surface area contributed by atoms with E-state index >= 15 is 0 Å². The summed E-state index contributed by atoms with van der Waals surface area (Å²) in [6.45, 7) is 2.98. The van der Waals surface area contributed by atoms with E-state index in [4.69, 9.17) is 0 Å². The number of phenolic OH excluding ortho intramolecular Hbond substituents is 1. The molecule has 30 heavy (non-hydrogen) atoms. The highest BCUT2D eigenvalue weighted by Gasteiger charge is 2.15. The molecule has 0 amide bonds. The summed E-state index contributed by atoms with van der Waals surface area (Å²) >= 11 is 0. The maximum atomic E-state index is 13.7. The van der Waals surface area contributed by atoms with Crippen LogP contribution in [-0.2, 0) is 0 Å². The summed E-state index contributed by atoms with van der Waals surface area (Å²) in [4.78, 5) is 19.5. The largest absolute Gasteiger partial charge is 0.505 e. The summed E-state index contributed by atoms with van der Waals surface area (Å²) < 4.78 is 13.7. The van der Waals surface area contributed by atoms with Gasteiger partial charge in [-0.2, -0.15) is 15.0 Å². The van der Waals surface area contributed by atoms with E-state index in [-0.39, 0.29) is 0 Å². The standard InChI is InChI=1S/C20H27FN8O/c21-16-10-15(6-7-17(16)30)25-20-27-18(23-11-14-4-2-1-3-5-14)26-19(28-20)24-13-29-9-8-22-12-29/h6-7,10,12,14,30H,1-5,8-9,11,13H2,(H3,23,24,25,26,27,28). The summed E-state index contributed by atoms with van der Waals surface area (Å²) in [5.41, 5.74) is 0.437. The van der Waals surface area contributed by atoms with Crippen molar-refractivity contribution in [2.24, 2.45) is 10.9 Å². The van der Waals surface area contributed by atoms with Crippen LogP contribution in [0.1, 0.15) is 32.1 Å². The van der Waals surface area contributed by atoms with Gasteiger partial charge in [-0.05, 0) is 30.9 Å². The van der Waals surface area contributed by atoms with E-state index in [1.165, 1.54) is 44.2 Å². The second-order valence-electron chi connectivity index (χ2n) is 7.65. The van der Waals surface area contributed by atoms with Gasteiger partial charge in [0, 0.05) is 24.8 Å². The smallest absolute Gasteiger partial charge is 0.233 e. The van der Waals surface area contributed by atoms with Crippen LogP contribution in [-0.4, -0.2) is 57.6 Å². The van der Waals surface area contributed by atoms with Crippen LogP contribution in [0, 0.1) is 11.7 Å². The number of nitrogens with zero attached hydrogens (tertiary/aromatic N) is 5. The average molecular weight is 414 g/mol. The van der Waals surface area contributed by atoms with Crippen LogP contribution in [0.5, 0.6) is 5.75 Å². The van der Waals surface area contributed by atoms with Gasteiger partial charge >= 0.3 is 0 Å². The highest BCUT2D eigenvalue weighted by Crippen LogP contribution is 2.25. The Morgan fingerprint density at radius 2 is 1.80 bits per heavy atom. The summed E-state index contributed by atoms with van der Waals surface area (Å²) in [5, 5.41) is 18.9. The first-order valence-electron chi connectivity index (χ1n) is 10.4. The van der Waals surface area contributed by atoms with Crippen LogP contribution in [0.4, 0.5) is 27.9 Å². The van der Waals surface area contributed by atoms with Crippen molar-refractivity contribution in [2.45, 2.75) is 32.1 Å². The minimum atomic E-state index is -0.712. The molecular formula is C20H27FN8O. The van der Waals surface area contributed by atoms with Gasteiger partial charge in [0.2, 0.25) is 17.8 Å². The average Bonchev–Trinajstić information content (AvgIpc) is 3.28. The number of hydrogen-bond donors (Lipinski definition) is 4. The Balaban J connectivity index is 1.48. The van der Waals surface area contributed by atoms with E-state index in [2.05, 4.69) is 35.9 Å². The fraction of sp³-hybridized carbons (Fsp3) is 0.500. The third-order valence-corrected chi connectivity index (χ3v) is 5.31. The molecule has 160 valence electrons. The normalized spacial score (nSPS) is 16.6. The minimum Gasteiger partial charge on any atom is -0.505 e. The van der Waals surface area contributed by atoms with Gasteiger partial charge in [-0.25, -0.2) is 4.39 Å². The summed E-state index contributed by atoms with van der Waals surface area (Å²) in [6.07, 6.45) is 8.09. The van der Waals surface area contributed by atoms with Crippen molar-refractivity contribution in [1.82, 2.24) is 19.9 Å². The molecule has 1 aromatic heterocycles. The Bertz CT molecular complexity index is 887. The number of aliphatic imine (C=N–C) groups is 1. The Morgan fingerprint density at radius 1 is 1.03 bits per heavy atom. The number of nitrogens with one attached hydrogen (secondary N) is 3. The molecule has 10 heteroatoms. The highest BCUT2D eigenvalue weighted by molar-refractivity contribution is 5.58. The van der Waals surface area contributed by atoms with Gasteiger partial charge in [0.25, 0.3) is 0 Å². The molecular weight excluding hydrogens is 387 g/mol. The van der Waals surface area contributed by atoms with Crippen LogP contribution >= 0.6 is 0 Å². The second-order valence-corrected chi connectivity index (χ2v) is 7.65. The lowest BCUT2D eigenvalue weighted by Crippen LogP contribution is -2.27. The van der Waals surface area contributed by atoms with Crippen molar-refractivity contribution in [3.8, 4) is 5.75 Å². The highest BCUT2D eigenvalue weighted by atomic mass is 19.1. The molecule has 1 saturated carbocycles. The van der Waals surface area contributed by atoms with Crippen molar-refractivity contribution in [2.75, 3.05) is 42.3 Å². The van der Waals surface area contributed by atoms with Gasteiger partial charge < -0.3 is 26.0 Å². The lowest BCUT2D eigenvalue weighted by atomic mass is 9.89. The van der Waals surface area contributed by atoms with E-state index < -0.39 is 11.6 Å². The molecule has 0 radical (unpaired) electrons. The number of anilines is 4. The molecule has 0 bridgehead atoms. The maximum Gasteiger partial charge on any atom is 0.233 e. The van der Waals surface area contributed by atoms with Crippen LogP contribution < -0.4 is 16.0 Å². The number of benzene rings is 1. The molecule has 4 N–H and O–H groups in total. The van der Waals surface area contributed by atoms with E-state index in [0.717, 1.165) is 19.6 Å². The first kappa shape index (κ1) is 20.1. The Morgan fingerprint density at radius 3 is 2.53 bits per heavy atom. The molecule has 2 aliphatic rings. The number of aromatic hydroxyl groups is 1. The van der Waals surface area contributed by atoms with E-state index in [0.29, 0.717) is 36.1 Å². The molecule has 0 saturated heterocycles. The number of rotatable bonds is 8. The monoisotopic (exact) mass is 414 g/mol. The SMILES string of the molecule is Oc1ccc(Nc2nc(NCC3CCCCC3)nc(NCN3C=NCC3)n2)cc1F. The molecule has 1 aromatic carbocycles. The third kappa shape index (κ3) is 5.46. The van der Waals surface area contributed by atoms with Gasteiger partial charge in [-0.15, -0.1) is 0 Å². The van der Waals surface area contributed by atoms with Crippen LogP contribution in [0.2, 0.25) is 0 Å². The van der Waals surface area contributed by atoms with Crippen LogP contribution in [0.15, 0.2) is 23.2 Å². The van der Waals surface area contributed by atoms with Crippen molar-refractivity contribution in [3.05, 3.63) is 24.0 Å². The van der Waals surface area contributed by atoms with Crippen LogP contribution in [0.25, 0.3) is 0 Å². The van der Waals surface area contributed by atoms with E-state index in [9.17, 15) is 9.50 Å². The number of phenols is 1. The van der Waals surface area contributed by atoms with Gasteiger partial charge in [0.05, 0.1) is 19.6 Å². The third-order valence-electron chi connectivity index (χ3n) is 5.31. The minimum absolute atomic E-state index is 0.291. The van der Waals surface area contributed by atoms with Crippen molar-refractivity contribution < 1.29 is 9.50 Å². The maximum absolute atomic E-state index is 13.7. The number of aromatic nitrogens is 3. The van der Waals surface area contributed by atoms with Gasteiger partial charge in [0.15, 0.2) is 11.6 Å². The molecule has 1 fully saturated rings. The zero-order chi connectivity index (χ0) is 20.8. The molecule has 2 aromatic rings. The number of halogens is 1.